The number of nitrogens with zero attached hydrogens (tertiary/aromatic N) is 3. The largest absolute Gasteiger partial charge is 0.490 e. The van der Waals surface area contributed by atoms with Crippen molar-refractivity contribution in [3.63, 3.8) is 0 Å². The van der Waals surface area contributed by atoms with E-state index in [1.54, 1.807) is 24.4 Å². The highest BCUT2D eigenvalue weighted by Crippen LogP contribution is 2.17. The van der Waals surface area contributed by atoms with Crippen LogP contribution in [-0.2, 0) is 14.3 Å². The predicted molar refractivity (Wildman–Crippen MR) is 113 cm³/mol. The highest BCUT2D eigenvalue weighted by atomic mass is 19.4. The summed E-state index contributed by atoms with van der Waals surface area (Å²) in [5.41, 5.74) is 2.40. The fourth-order valence-electron chi connectivity index (χ4n) is 2.90. The number of pyridine rings is 1. The van der Waals surface area contributed by atoms with E-state index in [0.717, 1.165) is 24.5 Å². The Bertz CT molecular complexity index is 948. The molecule has 178 valence electrons. The third kappa shape index (κ3) is 7.98. The Morgan fingerprint density at radius 1 is 1.12 bits per heavy atom. The summed E-state index contributed by atoms with van der Waals surface area (Å²) in [4.78, 5) is 41.1. The molecule has 2 heterocycles. The number of aromatic nitrogens is 1. The van der Waals surface area contributed by atoms with Crippen molar-refractivity contribution in [2.24, 2.45) is 0 Å². The molecule has 1 saturated heterocycles. The van der Waals surface area contributed by atoms with Gasteiger partial charge in [-0.3, -0.25) is 14.6 Å². The van der Waals surface area contributed by atoms with Gasteiger partial charge in [0.25, 0.3) is 5.91 Å². The second-order valence-corrected chi connectivity index (χ2v) is 6.80. The molecule has 1 amide bonds. The van der Waals surface area contributed by atoms with Crippen LogP contribution in [0.2, 0.25) is 0 Å². The number of ether oxygens (including phenoxy) is 1. The quantitative estimate of drug-likeness (QED) is 0.643. The van der Waals surface area contributed by atoms with Crippen LogP contribution in [0.15, 0.2) is 48.8 Å². The van der Waals surface area contributed by atoms with Crippen molar-refractivity contribution in [2.45, 2.75) is 6.18 Å². The van der Waals surface area contributed by atoms with Crippen LogP contribution in [0, 0.1) is 0 Å². The topological polar surface area (TPSA) is 112 Å². The van der Waals surface area contributed by atoms with Gasteiger partial charge in [0.1, 0.15) is 6.54 Å². The lowest BCUT2D eigenvalue weighted by molar-refractivity contribution is -0.192. The first kappa shape index (κ1) is 25.4. The van der Waals surface area contributed by atoms with Gasteiger partial charge in [-0.05, 0) is 30.3 Å². The Labute approximate surface area is 187 Å². The number of carbonyl (C=O) groups is 3. The Morgan fingerprint density at radius 3 is 2.33 bits per heavy atom. The summed E-state index contributed by atoms with van der Waals surface area (Å²) in [6, 6.07) is 11.1. The zero-order valence-electron chi connectivity index (χ0n) is 17.7. The van der Waals surface area contributed by atoms with Crippen molar-refractivity contribution in [3.8, 4) is 0 Å². The van der Waals surface area contributed by atoms with Gasteiger partial charge in [0.15, 0.2) is 0 Å². The van der Waals surface area contributed by atoms with Gasteiger partial charge in [0.2, 0.25) is 0 Å². The van der Waals surface area contributed by atoms with Gasteiger partial charge in [-0.15, -0.1) is 0 Å². The highest BCUT2D eigenvalue weighted by Gasteiger charge is 2.38. The number of rotatable bonds is 5. The van der Waals surface area contributed by atoms with E-state index in [-0.39, 0.29) is 18.4 Å². The third-order valence-corrected chi connectivity index (χ3v) is 4.59. The molecule has 1 aliphatic rings. The number of amides is 1. The maximum Gasteiger partial charge on any atom is 0.490 e. The molecule has 1 fully saturated rings. The number of carbonyl (C=O) groups excluding carboxylic acids is 2. The Balaban J connectivity index is 0.000000479. The molecule has 12 heteroatoms. The third-order valence-electron chi connectivity index (χ3n) is 4.59. The number of nitrogens with one attached hydrogen (secondary N) is 1. The van der Waals surface area contributed by atoms with Gasteiger partial charge < -0.3 is 25.0 Å². The first-order valence-corrected chi connectivity index (χ1v) is 9.77. The monoisotopic (exact) mass is 468 g/mol. The molecular formula is C21H23F3N4O5. The molecule has 0 saturated carbocycles. The average molecular weight is 468 g/mol. The van der Waals surface area contributed by atoms with Crippen LogP contribution >= 0.6 is 0 Å². The first-order valence-electron chi connectivity index (χ1n) is 9.77. The molecule has 0 radical (unpaired) electrons. The molecule has 2 N–H and O–H groups in total. The minimum Gasteiger partial charge on any atom is -0.475 e. The lowest BCUT2D eigenvalue weighted by Gasteiger charge is -2.36. The SMILES string of the molecule is COC(=O)CNc1cccc(C(=O)N2CCN(c3cccnc3)CC2)c1.O=C(O)C(F)(F)F. The van der Waals surface area contributed by atoms with Gasteiger partial charge in [-0.1, -0.05) is 6.07 Å². The van der Waals surface area contributed by atoms with E-state index in [4.69, 9.17) is 9.90 Å². The molecule has 1 aromatic heterocycles. The number of anilines is 2. The maximum absolute atomic E-state index is 12.8. The molecule has 0 unspecified atom stereocenters. The van der Waals surface area contributed by atoms with Gasteiger partial charge in [-0.2, -0.15) is 13.2 Å². The molecule has 0 spiro atoms. The fourth-order valence-corrected chi connectivity index (χ4v) is 2.90. The second-order valence-electron chi connectivity index (χ2n) is 6.80. The molecule has 0 bridgehead atoms. The van der Waals surface area contributed by atoms with Crippen LogP contribution in [0.5, 0.6) is 0 Å². The van der Waals surface area contributed by atoms with Crippen molar-refractivity contribution in [2.75, 3.05) is 50.1 Å². The van der Waals surface area contributed by atoms with Crippen LogP contribution in [0.1, 0.15) is 10.4 Å². The number of hydrogen-bond acceptors (Lipinski definition) is 7. The minimum atomic E-state index is -5.08. The second kappa shape index (κ2) is 11.7. The molecule has 0 atom stereocenters. The van der Waals surface area contributed by atoms with Crippen LogP contribution in [0.3, 0.4) is 0 Å². The van der Waals surface area contributed by atoms with Crippen LogP contribution in [0.25, 0.3) is 0 Å². The van der Waals surface area contributed by atoms with Crippen molar-refractivity contribution in [3.05, 3.63) is 54.4 Å². The molecule has 2 aromatic rings. The summed E-state index contributed by atoms with van der Waals surface area (Å²) in [6.45, 7) is 2.94. The van der Waals surface area contributed by atoms with Crippen LogP contribution in [-0.4, -0.2) is 78.8 Å². The molecule has 9 nitrogen and oxygen atoms in total. The van der Waals surface area contributed by atoms with Gasteiger partial charge in [0.05, 0.1) is 19.0 Å². The number of benzene rings is 1. The molecule has 1 aromatic carbocycles. The number of alkyl halides is 3. The number of hydrogen-bond donors (Lipinski definition) is 2. The van der Waals surface area contributed by atoms with E-state index in [1.165, 1.54) is 7.11 Å². The highest BCUT2D eigenvalue weighted by molar-refractivity contribution is 5.95. The van der Waals surface area contributed by atoms with Crippen molar-refractivity contribution in [1.82, 2.24) is 9.88 Å². The van der Waals surface area contributed by atoms with E-state index < -0.39 is 12.1 Å². The number of carboxylic acid groups (broad SMARTS) is 1. The van der Waals surface area contributed by atoms with E-state index in [1.807, 2.05) is 29.3 Å². The van der Waals surface area contributed by atoms with Gasteiger partial charge in [-0.25, -0.2) is 4.79 Å². The summed E-state index contributed by atoms with van der Waals surface area (Å²) in [7, 11) is 1.34. The zero-order valence-corrected chi connectivity index (χ0v) is 17.7. The lowest BCUT2D eigenvalue weighted by atomic mass is 10.1. The summed E-state index contributed by atoms with van der Waals surface area (Å²) < 4.78 is 36.3. The first-order chi connectivity index (χ1) is 15.6. The van der Waals surface area contributed by atoms with Crippen molar-refractivity contribution >= 4 is 29.2 Å². The van der Waals surface area contributed by atoms with E-state index in [2.05, 4.69) is 19.9 Å². The Hall–Kier alpha value is -3.83. The normalized spacial score (nSPS) is 13.5. The standard InChI is InChI=1S/C19H22N4O3.C2HF3O2/c1-26-18(24)14-21-16-5-2-4-15(12-16)19(25)23-10-8-22(9-11-23)17-6-3-7-20-13-17;3-2(4,5)1(6)7/h2-7,12-13,21H,8-11,14H2,1H3;(H,6,7). The van der Waals surface area contributed by atoms with Gasteiger partial charge >= 0.3 is 18.1 Å². The average Bonchev–Trinajstić information content (AvgIpc) is 2.82. The molecule has 33 heavy (non-hydrogen) atoms. The minimum absolute atomic E-state index is 0.00226. The number of piperazine rings is 1. The molecule has 1 aliphatic heterocycles. The van der Waals surface area contributed by atoms with E-state index in [9.17, 15) is 22.8 Å². The van der Waals surface area contributed by atoms with Gasteiger partial charge in [0, 0.05) is 43.6 Å². The molecule has 0 aliphatic carbocycles. The summed E-state index contributed by atoms with van der Waals surface area (Å²) >= 11 is 0. The molecule has 3 rings (SSSR count). The Kier molecular flexibility index (Phi) is 9.01. The van der Waals surface area contributed by atoms with Crippen molar-refractivity contribution < 1.29 is 37.4 Å². The number of methoxy groups -OCH3 is 1. The zero-order chi connectivity index (χ0) is 24.4. The summed E-state index contributed by atoms with van der Waals surface area (Å²) in [5, 5.41) is 10.1. The Morgan fingerprint density at radius 2 is 1.79 bits per heavy atom. The smallest absolute Gasteiger partial charge is 0.475 e. The maximum atomic E-state index is 12.8. The van der Waals surface area contributed by atoms with Crippen LogP contribution in [0.4, 0.5) is 24.5 Å². The predicted octanol–water partition coefficient (Wildman–Crippen LogP) is 2.26. The fraction of sp³-hybridized carbons (Fsp3) is 0.333. The van der Waals surface area contributed by atoms with E-state index in [0.29, 0.717) is 18.7 Å². The summed E-state index contributed by atoms with van der Waals surface area (Å²) in [5.74, 6) is -3.11. The van der Waals surface area contributed by atoms with E-state index >= 15 is 0 Å². The van der Waals surface area contributed by atoms with Crippen LogP contribution < -0.4 is 10.2 Å². The molecular weight excluding hydrogens is 445 g/mol. The summed E-state index contributed by atoms with van der Waals surface area (Å²) in [6.07, 6.45) is -1.49. The number of halogens is 3. The lowest BCUT2D eigenvalue weighted by Crippen LogP contribution is -2.48. The number of carboxylic acids is 1. The number of aliphatic carboxylic acids is 1. The number of esters is 1. The van der Waals surface area contributed by atoms with Crippen molar-refractivity contribution in [1.29, 1.82) is 0 Å².